The third kappa shape index (κ3) is 47.7. The van der Waals surface area contributed by atoms with E-state index in [0.717, 1.165) is 0 Å². The third-order valence-corrected chi connectivity index (χ3v) is 11.7. The molecule has 0 atom stereocenters. The lowest BCUT2D eigenvalue weighted by Crippen LogP contribution is -1.85. The lowest BCUT2D eigenvalue weighted by molar-refractivity contribution is 0.508. The fraction of sp³-hybridized carbons (Fsp3) is 0.960. The van der Waals surface area contributed by atoms with Gasteiger partial charge in [0, 0.05) is 0 Å². The van der Waals surface area contributed by atoms with Crippen LogP contribution in [0.2, 0.25) is 0 Å². The molecule has 0 aromatic heterocycles. The van der Waals surface area contributed by atoms with Gasteiger partial charge >= 0.3 is 0 Å². The lowest BCUT2D eigenvalue weighted by Gasteiger charge is -2.05. The fourth-order valence-electron chi connectivity index (χ4n) is 8.10. The average molecular weight is 701 g/mol. The summed E-state index contributed by atoms with van der Waals surface area (Å²) in [7, 11) is 0. The Hall–Kier alpha value is -0.260. The highest BCUT2D eigenvalue weighted by Crippen LogP contribution is 2.18. The molecule has 0 aliphatic rings. The third-order valence-electron chi connectivity index (χ3n) is 11.7. The predicted octanol–water partition coefficient (Wildman–Crippen LogP) is 19.5. The van der Waals surface area contributed by atoms with Crippen LogP contribution in [-0.4, -0.2) is 0 Å². The Morgan fingerprint density at radius 2 is 0.340 bits per heavy atom. The monoisotopic (exact) mass is 701 g/mol. The normalized spacial score (nSPS) is 11.8. The molecule has 0 heterocycles. The van der Waals surface area contributed by atoms with Crippen LogP contribution >= 0.6 is 0 Å². The van der Waals surface area contributed by atoms with E-state index in [2.05, 4.69) is 26.0 Å². The number of rotatable bonds is 46. The molecule has 0 fully saturated rings. The van der Waals surface area contributed by atoms with Gasteiger partial charge in [-0.05, 0) is 19.8 Å². The molecule has 0 amide bonds. The molecule has 0 heteroatoms. The van der Waals surface area contributed by atoms with Crippen molar-refractivity contribution in [3.05, 3.63) is 12.2 Å². The molecule has 0 N–H and O–H groups in total. The van der Waals surface area contributed by atoms with Crippen molar-refractivity contribution in [1.29, 1.82) is 0 Å². The van der Waals surface area contributed by atoms with Crippen LogP contribution in [0.3, 0.4) is 0 Å². The zero-order valence-electron chi connectivity index (χ0n) is 35.7. The van der Waals surface area contributed by atoms with Gasteiger partial charge in [-0.2, -0.15) is 0 Å². The summed E-state index contributed by atoms with van der Waals surface area (Å²) in [4.78, 5) is 0. The minimum absolute atomic E-state index is 1.29. The average Bonchev–Trinajstić information content (AvgIpc) is 3.13. The maximum absolute atomic E-state index is 2.31. The summed E-state index contributed by atoms with van der Waals surface area (Å²) in [5, 5.41) is 0. The highest BCUT2D eigenvalue weighted by Gasteiger charge is 1.98. The van der Waals surface area contributed by atoms with Gasteiger partial charge in [0.05, 0.1) is 0 Å². The van der Waals surface area contributed by atoms with Crippen molar-refractivity contribution in [2.24, 2.45) is 0 Å². The van der Waals surface area contributed by atoms with Crippen molar-refractivity contribution < 1.29 is 0 Å². The molecule has 0 rings (SSSR count). The quantitative estimate of drug-likeness (QED) is 0.0438. The second kappa shape index (κ2) is 48.7. The molecule has 0 saturated heterocycles. The van der Waals surface area contributed by atoms with Crippen LogP contribution in [0.5, 0.6) is 0 Å². The smallest absolute Gasteiger partial charge is 0.0351 e. The van der Waals surface area contributed by atoms with Gasteiger partial charge < -0.3 is 0 Å². The molecule has 0 bridgehead atoms. The van der Waals surface area contributed by atoms with Crippen LogP contribution in [0.25, 0.3) is 0 Å². The molecule has 300 valence electrons. The zero-order chi connectivity index (χ0) is 35.9. The van der Waals surface area contributed by atoms with Gasteiger partial charge in [0.1, 0.15) is 0 Å². The number of unbranched alkanes of at least 4 members (excludes halogenated alkanes) is 45. The molecule has 0 aromatic carbocycles. The summed E-state index contributed by atoms with van der Waals surface area (Å²) in [6.45, 7) is 4.44. The van der Waals surface area contributed by atoms with Crippen LogP contribution in [0, 0.1) is 0 Å². The van der Waals surface area contributed by atoms with Crippen LogP contribution in [-0.2, 0) is 0 Å². The Kier molecular flexibility index (Phi) is 48.5. The molecule has 0 aromatic rings. The molecule has 0 unspecified atom stereocenters. The van der Waals surface area contributed by atoms with Crippen LogP contribution in [0.4, 0.5) is 0 Å². The molecule has 0 nitrogen and oxygen atoms in total. The van der Waals surface area contributed by atoms with Gasteiger partial charge in [0.15, 0.2) is 0 Å². The van der Waals surface area contributed by atoms with Crippen LogP contribution < -0.4 is 0 Å². The molecular weight excluding hydrogens is 601 g/mol. The Labute approximate surface area is 320 Å². The standard InChI is InChI=1S/C50H100/c1-3-5-7-9-11-13-15-17-19-21-23-25-27-29-31-33-35-37-39-41-43-45-47-49-50-48-46-44-42-40-38-36-34-32-30-28-26-24-22-20-18-16-14-12-10-8-6-4-2/h3,5H,4,6-50H2,1-2H3/b5-3+. The second-order valence-corrected chi connectivity index (χ2v) is 16.9. The summed E-state index contributed by atoms with van der Waals surface area (Å²) in [6.07, 6.45) is 72.6. The molecule has 0 spiro atoms. The van der Waals surface area contributed by atoms with Crippen LogP contribution in [0.1, 0.15) is 309 Å². The minimum Gasteiger partial charge on any atom is -0.0917 e. The van der Waals surface area contributed by atoms with Gasteiger partial charge in [-0.1, -0.05) is 302 Å². The van der Waals surface area contributed by atoms with E-state index in [1.54, 1.807) is 0 Å². The van der Waals surface area contributed by atoms with E-state index in [1.807, 2.05) is 0 Å². The predicted molar refractivity (Wildman–Crippen MR) is 233 cm³/mol. The van der Waals surface area contributed by atoms with Gasteiger partial charge in [0.25, 0.3) is 0 Å². The van der Waals surface area contributed by atoms with E-state index >= 15 is 0 Å². The molecule has 0 aliphatic heterocycles. The van der Waals surface area contributed by atoms with Crippen molar-refractivity contribution in [2.45, 2.75) is 309 Å². The first kappa shape index (κ1) is 49.7. The number of hydrogen-bond donors (Lipinski definition) is 0. The van der Waals surface area contributed by atoms with Crippen LogP contribution in [0.15, 0.2) is 12.2 Å². The molecule has 0 radical (unpaired) electrons. The first-order chi connectivity index (χ1) is 24.9. The summed E-state index contributed by atoms with van der Waals surface area (Å²) < 4.78 is 0. The maximum atomic E-state index is 2.31. The fourth-order valence-corrected chi connectivity index (χ4v) is 8.10. The van der Waals surface area contributed by atoms with Gasteiger partial charge in [-0.25, -0.2) is 0 Å². The van der Waals surface area contributed by atoms with Gasteiger partial charge in [0.2, 0.25) is 0 Å². The van der Waals surface area contributed by atoms with E-state index in [0.29, 0.717) is 0 Å². The van der Waals surface area contributed by atoms with Crippen molar-refractivity contribution in [3.8, 4) is 0 Å². The maximum Gasteiger partial charge on any atom is -0.0351 e. The Bertz CT molecular complexity index is 575. The van der Waals surface area contributed by atoms with Gasteiger partial charge in [-0.15, -0.1) is 0 Å². The molecular formula is C50H100. The largest absolute Gasteiger partial charge is 0.0917 e. The Morgan fingerprint density at radius 1 is 0.200 bits per heavy atom. The van der Waals surface area contributed by atoms with Crippen molar-refractivity contribution in [2.75, 3.05) is 0 Å². The van der Waals surface area contributed by atoms with E-state index < -0.39 is 0 Å². The van der Waals surface area contributed by atoms with E-state index in [1.165, 1.54) is 295 Å². The SMILES string of the molecule is C/C=C/CCCCCCCCCCCCCCCCCCCCCCCCCCCCCCCCCCCCCCCCCCCCCCC. The summed E-state index contributed by atoms with van der Waals surface area (Å²) in [5.41, 5.74) is 0. The Morgan fingerprint density at radius 3 is 0.480 bits per heavy atom. The topological polar surface area (TPSA) is 0 Å². The zero-order valence-corrected chi connectivity index (χ0v) is 35.7. The molecule has 50 heavy (non-hydrogen) atoms. The van der Waals surface area contributed by atoms with Gasteiger partial charge in [-0.3, -0.25) is 0 Å². The first-order valence-electron chi connectivity index (χ1n) is 24.5. The van der Waals surface area contributed by atoms with E-state index in [4.69, 9.17) is 0 Å². The lowest BCUT2D eigenvalue weighted by atomic mass is 10.0. The van der Waals surface area contributed by atoms with E-state index in [-0.39, 0.29) is 0 Å². The summed E-state index contributed by atoms with van der Waals surface area (Å²) in [5.74, 6) is 0. The van der Waals surface area contributed by atoms with Crippen molar-refractivity contribution >= 4 is 0 Å². The minimum atomic E-state index is 1.29. The van der Waals surface area contributed by atoms with E-state index in [9.17, 15) is 0 Å². The molecule has 0 saturated carbocycles. The highest BCUT2D eigenvalue weighted by atomic mass is 14.0. The second-order valence-electron chi connectivity index (χ2n) is 16.9. The summed E-state index contributed by atoms with van der Waals surface area (Å²) >= 11 is 0. The first-order valence-corrected chi connectivity index (χ1v) is 24.5. The molecule has 0 aliphatic carbocycles. The van der Waals surface area contributed by atoms with Crippen molar-refractivity contribution in [3.63, 3.8) is 0 Å². The summed E-state index contributed by atoms with van der Waals surface area (Å²) in [6, 6.07) is 0. The van der Waals surface area contributed by atoms with Crippen molar-refractivity contribution in [1.82, 2.24) is 0 Å². The number of allylic oxidation sites excluding steroid dienone is 2. The number of hydrogen-bond acceptors (Lipinski definition) is 0. The highest BCUT2D eigenvalue weighted by molar-refractivity contribution is 4.76. The Balaban J connectivity index is 3.04.